The van der Waals surface area contributed by atoms with Crippen LogP contribution in [0.25, 0.3) is 98.8 Å². The molecule has 0 bridgehead atoms. The van der Waals surface area contributed by atoms with Gasteiger partial charge in [-0.1, -0.05) is 140 Å². The second-order valence-corrected chi connectivity index (χ2v) is 12.1. The van der Waals surface area contributed by atoms with Crippen LogP contribution in [0.5, 0.6) is 0 Å². The second-order valence-electron chi connectivity index (χ2n) is 12.1. The van der Waals surface area contributed by atoms with Crippen LogP contribution in [0.2, 0.25) is 0 Å². The van der Waals surface area contributed by atoms with Crippen molar-refractivity contribution in [1.82, 2.24) is 9.97 Å². The zero-order valence-electron chi connectivity index (χ0n) is 25.3. The first kappa shape index (κ1) is 26.0. The zero-order valence-corrected chi connectivity index (χ0v) is 25.3. The van der Waals surface area contributed by atoms with Crippen LogP contribution in [-0.2, 0) is 0 Å². The summed E-state index contributed by atoms with van der Waals surface area (Å²) >= 11 is 0. The molecule has 0 aliphatic carbocycles. The molecule has 10 aromatic rings. The Morgan fingerprint density at radius 2 is 1.02 bits per heavy atom. The van der Waals surface area contributed by atoms with Crippen molar-refractivity contribution in [3.63, 3.8) is 0 Å². The minimum atomic E-state index is 0.842. The molecule has 0 saturated carbocycles. The maximum Gasteiger partial charge on any atom is 0.143 e. The standard InChI is InChI=1S/C44H26N2O/c1-2-12-27(13-3-1)40-31-17-5-4-14-29(31)25-38-37-23-11-22-32(43(37)47-44(38)40)28-15-10-16-30(24-28)39-26-45-41-35-20-8-6-18-33(35)34-19-7-9-21-36(34)42(41)46-39/h1-26H. The number of hydrogen-bond acceptors (Lipinski definition) is 3. The normalized spacial score (nSPS) is 11.8. The van der Waals surface area contributed by atoms with Crippen molar-refractivity contribution < 1.29 is 4.42 Å². The van der Waals surface area contributed by atoms with Gasteiger partial charge >= 0.3 is 0 Å². The Bertz CT molecular complexity index is 2810. The molecule has 0 amide bonds. The van der Waals surface area contributed by atoms with Crippen LogP contribution in [0.1, 0.15) is 0 Å². The first-order valence-electron chi connectivity index (χ1n) is 15.9. The third-order valence-electron chi connectivity index (χ3n) is 9.47. The van der Waals surface area contributed by atoms with E-state index in [1.165, 1.54) is 21.5 Å². The lowest BCUT2D eigenvalue weighted by atomic mass is 9.94. The summed E-state index contributed by atoms with van der Waals surface area (Å²) in [6.07, 6.45) is 1.90. The highest BCUT2D eigenvalue weighted by Gasteiger charge is 2.19. The SMILES string of the molecule is c1ccc(-c2c3ccccc3cc3c2oc2c(-c4cccc(-c5cnc6c7ccccc7c7ccccc7c6n5)c4)cccc23)cc1. The van der Waals surface area contributed by atoms with E-state index in [-0.39, 0.29) is 0 Å². The van der Waals surface area contributed by atoms with E-state index < -0.39 is 0 Å². The van der Waals surface area contributed by atoms with E-state index in [2.05, 4.69) is 152 Å². The predicted molar refractivity (Wildman–Crippen MR) is 196 cm³/mol. The number of fused-ring (bicyclic) bond motifs is 10. The van der Waals surface area contributed by atoms with Crippen LogP contribution in [0.15, 0.2) is 162 Å². The Hall–Kier alpha value is -6.32. The summed E-state index contributed by atoms with van der Waals surface area (Å²) in [5.74, 6) is 0. The molecule has 0 atom stereocenters. The zero-order chi connectivity index (χ0) is 30.9. The van der Waals surface area contributed by atoms with Crippen molar-refractivity contribution in [3.8, 4) is 33.5 Å². The lowest BCUT2D eigenvalue weighted by Crippen LogP contribution is -1.92. The van der Waals surface area contributed by atoms with E-state index in [9.17, 15) is 0 Å². The molecule has 0 saturated heterocycles. The van der Waals surface area contributed by atoms with E-state index in [0.717, 1.165) is 77.3 Å². The van der Waals surface area contributed by atoms with Gasteiger partial charge in [-0.05, 0) is 44.8 Å². The number of aromatic nitrogens is 2. The summed E-state index contributed by atoms with van der Waals surface area (Å²) in [7, 11) is 0. The maximum atomic E-state index is 6.90. The van der Waals surface area contributed by atoms with E-state index in [4.69, 9.17) is 14.4 Å². The number of rotatable bonds is 3. The molecule has 10 rings (SSSR count). The lowest BCUT2D eigenvalue weighted by molar-refractivity contribution is 0.671. The molecule has 0 spiro atoms. The van der Waals surface area contributed by atoms with Crippen molar-refractivity contribution in [1.29, 1.82) is 0 Å². The summed E-state index contributed by atoms with van der Waals surface area (Å²) in [4.78, 5) is 10.2. The van der Waals surface area contributed by atoms with Crippen LogP contribution in [0, 0.1) is 0 Å². The van der Waals surface area contributed by atoms with Crippen LogP contribution in [0.4, 0.5) is 0 Å². The van der Waals surface area contributed by atoms with E-state index in [1.54, 1.807) is 0 Å². The molecule has 2 heterocycles. The molecule has 3 nitrogen and oxygen atoms in total. The Balaban J connectivity index is 1.18. The average molecular weight is 599 g/mol. The van der Waals surface area contributed by atoms with Gasteiger partial charge in [0.25, 0.3) is 0 Å². The summed E-state index contributed by atoms with van der Waals surface area (Å²) in [6.45, 7) is 0. The second kappa shape index (κ2) is 10.1. The maximum absolute atomic E-state index is 6.90. The third kappa shape index (κ3) is 3.93. The molecule has 8 aromatic carbocycles. The summed E-state index contributed by atoms with van der Waals surface area (Å²) in [5, 5.41) is 9.23. The Labute approximate surface area is 270 Å². The third-order valence-corrected chi connectivity index (χ3v) is 9.47. The van der Waals surface area contributed by atoms with Crippen molar-refractivity contribution in [3.05, 3.63) is 158 Å². The molecule has 218 valence electrons. The molecule has 0 aliphatic heterocycles. The molecule has 0 radical (unpaired) electrons. The monoisotopic (exact) mass is 598 g/mol. The van der Waals surface area contributed by atoms with Crippen molar-refractivity contribution in [2.75, 3.05) is 0 Å². The van der Waals surface area contributed by atoms with Crippen LogP contribution < -0.4 is 0 Å². The summed E-state index contributed by atoms with van der Waals surface area (Å²) in [5.41, 5.74) is 9.88. The minimum Gasteiger partial charge on any atom is -0.455 e. The molecule has 0 fully saturated rings. The molecule has 47 heavy (non-hydrogen) atoms. The van der Waals surface area contributed by atoms with Crippen molar-refractivity contribution >= 4 is 65.3 Å². The van der Waals surface area contributed by atoms with Gasteiger partial charge in [0.15, 0.2) is 0 Å². The van der Waals surface area contributed by atoms with Gasteiger partial charge in [-0.3, -0.25) is 4.98 Å². The van der Waals surface area contributed by atoms with Crippen molar-refractivity contribution in [2.45, 2.75) is 0 Å². The Morgan fingerprint density at radius 3 is 1.83 bits per heavy atom. The predicted octanol–water partition coefficient (Wildman–Crippen LogP) is 12.0. The smallest absolute Gasteiger partial charge is 0.143 e. The minimum absolute atomic E-state index is 0.842. The average Bonchev–Trinajstić information content (AvgIpc) is 3.52. The van der Waals surface area contributed by atoms with E-state index in [1.807, 2.05) is 6.20 Å². The molecule has 0 unspecified atom stereocenters. The van der Waals surface area contributed by atoms with Gasteiger partial charge in [-0.25, -0.2) is 4.98 Å². The Kier molecular flexibility index (Phi) is 5.57. The number of nitrogens with zero attached hydrogens (tertiary/aromatic N) is 2. The first-order chi connectivity index (χ1) is 23.3. The molecular formula is C44H26N2O. The summed E-state index contributed by atoms with van der Waals surface area (Å²) < 4.78 is 6.90. The van der Waals surface area contributed by atoms with Gasteiger partial charge in [-0.2, -0.15) is 0 Å². The number of hydrogen-bond donors (Lipinski definition) is 0. The first-order valence-corrected chi connectivity index (χ1v) is 15.9. The van der Waals surface area contributed by atoms with Crippen LogP contribution in [-0.4, -0.2) is 9.97 Å². The van der Waals surface area contributed by atoms with Crippen LogP contribution in [0.3, 0.4) is 0 Å². The summed E-state index contributed by atoms with van der Waals surface area (Å²) in [6, 6.07) is 53.3. The van der Waals surface area contributed by atoms with Gasteiger partial charge < -0.3 is 4.42 Å². The van der Waals surface area contributed by atoms with E-state index in [0.29, 0.717) is 0 Å². The fourth-order valence-electron chi connectivity index (χ4n) is 7.32. The van der Waals surface area contributed by atoms with Gasteiger partial charge in [-0.15, -0.1) is 0 Å². The quantitative estimate of drug-likeness (QED) is 0.190. The molecule has 3 heteroatoms. The highest BCUT2D eigenvalue weighted by atomic mass is 16.3. The highest BCUT2D eigenvalue weighted by molar-refractivity contribution is 6.23. The van der Waals surface area contributed by atoms with E-state index >= 15 is 0 Å². The fourth-order valence-corrected chi connectivity index (χ4v) is 7.32. The number of benzene rings is 8. The van der Waals surface area contributed by atoms with Crippen molar-refractivity contribution in [2.24, 2.45) is 0 Å². The number of para-hydroxylation sites is 1. The Morgan fingerprint density at radius 1 is 0.404 bits per heavy atom. The molecular weight excluding hydrogens is 572 g/mol. The number of furan rings is 1. The lowest BCUT2D eigenvalue weighted by Gasteiger charge is -2.11. The van der Waals surface area contributed by atoms with Gasteiger partial charge in [0.05, 0.1) is 22.9 Å². The van der Waals surface area contributed by atoms with Gasteiger partial charge in [0, 0.05) is 38.2 Å². The largest absolute Gasteiger partial charge is 0.455 e. The fraction of sp³-hybridized carbons (Fsp3) is 0. The van der Waals surface area contributed by atoms with Crippen LogP contribution >= 0.6 is 0 Å². The molecule has 0 aliphatic rings. The topological polar surface area (TPSA) is 38.9 Å². The molecule has 2 aromatic heterocycles. The molecule has 0 N–H and O–H groups in total. The van der Waals surface area contributed by atoms with Gasteiger partial charge in [0.1, 0.15) is 11.2 Å². The highest BCUT2D eigenvalue weighted by Crippen LogP contribution is 2.44. The van der Waals surface area contributed by atoms with Gasteiger partial charge in [0.2, 0.25) is 0 Å².